The number of esters is 1. The normalized spacial score (nSPS) is 52.9. The number of aliphatic hydroxyl groups excluding tert-OH is 12. The number of carboxylic acids is 1. The maximum absolute atomic E-state index is 14.8. The highest BCUT2D eigenvalue weighted by Crippen LogP contribution is 2.76. The SMILES string of the molecule is CC1(C)CC[C@]2(C(=O)O[C@@H]3O[C@H](CO)[C@@H](O)[C@H](O)[C@H]3O)CC[C@]3(C)C(=CC[C@@H]4[C@@]5(C)CC[C@H](O[C@@H]6O[C@H](C(=O)O)[C@@H](O)[C@H](O[C@@H]7OC[C@@H](O)[C@H](O)[C@H]7O)[C@H]6O[C@@H]6O[C@H](CO)[C@@H](O)[C@H](O)[C@H]6O)C(C)(C)[C@@H]5CC[C@]43C)[C@@H]2C1. The number of carbonyl (C=O) groups excluding carboxylic acids is 1. The standard InChI is InChI=1S/C53H84O23/c1-48(2)14-16-53(47(68)76-45-37(64)34(61)32(59)26(20-55)71-45)17-15-51(6)22(23(53)18-48)8-9-28-50(5)12-11-29(49(3,4)27(50)10-13-52(28,51)7)72-46-41(75-44-36(63)33(60)31(58)25(19-54)70-44)39(38(65)40(74-46)42(66)67)73-43-35(62)30(57)24(56)21-69-43/h8,23-41,43-46,54-65H,9-21H2,1-7H3,(H,66,67)/t23-,24+,25+,26+,27-,28+,29-,30-,31+,32+,33-,34-,35+,36+,37+,38-,39-,40-,41+,43-,44-,45-,46+,50-,51+,52+,53-/m0/s1. The monoisotopic (exact) mass is 1090 g/mol. The highest BCUT2D eigenvalue weighted by atomic mass is 16.8. The number of rotatable bonds is 11. The van der Waals surface area contributed by atoms with Gasteiger partial charge >= 0.3 is 11.9 Å². The number of fused-ring (bicyclic) bond motifs is 7. The lowest BCUT2D eigenvalue weighted by atomic mass is 9.33. The molecule has 4 saturated carbocycles. The number of carbonyl (C=O) groups is 2. The van der Waals surface area contributed by atoms with Crippen molar-refractivity contribution in [1.82, 2.24) is 0 Å². The Hall–Kier alpha value is -2.08. The van der Waals surface area contributed by atoms with Crippen LogP contribution in [0.1, 0.15) is 113 Å². The van der Waals surface area contributed by atoms with Gasteiger partial charge in [0.25, 0.3) is 0 Å². The van der Waals surface area contributed by atoms with E-state index in [0.29, 0.717) is 44.9 Å². The molecule has 9 rings (SSSR count). The number of ether oxygens (including phenoxy) is 8. The van der Waals surface area contributed by atoms with E-state index in [4.69, 9.17) is 37.9 Å². The van der Waals surface area contributed by atoms with Crippen molar-refractivity contribution >= 4 is 11.9 Å². The number of carboxylic acid groups (broad SMARTS) is 1. The minimum Gasteiger partial charge on any atom is -0.479 e. The van der Waals surface area contributed by atoms with Gasteiger partial charge in [-0.05, 0) is 109 Å². The Morgan fingerprint density at radius 1 is 0.605 bits per heavy atom. The quantitative estimate of drug-likeness (QED) is 0.0649. The van der Waals surface area contributed by atoms with Crippen molar-refractivity contribution in [1.29, 1.82) is 0 Å². The van der Waals surface area contributed by atoms with Crippen molar-refractivity contribution in [2.75, 3.05) is 19.8 Å². The molecule has 0 bridgehead atoms. The molecule has 13 N–H and O–H groups in total. The summed E-state index contributed by atoms with van der Waals surface area (Å²) in [5.41, 5.74) is -1.45. The molecule has 23 nitrogen and oxygen atoms in total. The van der Waals surface area contributed by atoms with Crippen LogP contribution in [0.5, 0.6) is 0 Å². The van der Waals surface area contributed by atoms with E-state index < -0.39 is 165 Å². The lowest BCUT2D eigenvalue weighted by Gasteiger charge is -2.71. The average Bonchev–Trinajstić information content (AvgIpc) is 3.54. The van der Waals surface area contributed by atoms with Crippen LogP contribution < -0.4 is 0 Å². The second-order valence-electron chi connectivity index (χ2n) is 25.9. The van der Waals surface area contributed by atoms with Crippen LogP contribution in [0.2, 0.25) is 0 Å². The van der Waals surface area contributed by atoms with Gasteiger partial charge in [0.15, 0.2) is 25.0 Å². The highest BCUT2D eigenvalue weighted by Gasteiger charge is 2.70. The minimum atomic E-state index is -2.09. The lowest BCUT2D eigenvalue weighted by molar-refractivity contribution is -0.392. The van der Waals surface area contributed by atoms with Crippen LogP contribution in [0, 0.1) is 50.2 Å². The molecule has 8 fully saturated rings. The van der Waals surface area contributed by atoms with E-state index in [2.05, 4.69) is 54.5 Å². The van der Waals surface area contributed by atoms with Gasteiger partial charge in [0.05, 0.1) is 31.3 Å². The van der Waals surface area contributed by atoms with Gasteiger partial charge in [-0.3, -0.25) is 4.79 Å². The van der Waals surface area contributed by atoms with Gasteiger partial charge in [0.2, 0.25) is 6.29 Å². The molecule has 27 atom stereocenters. The van der Waals surface area contributed by atoms with Gasteiger partial charge in [-0.1, -0.05) is 60.1 Å². The van der Waals surface area contributed by atoms with Crippen LogP contribution in [-0.4, -0.2) is 221 Å². The number of aliphatic hydroxyl groups is 12. The summed E-state index contributed by atoms with van der Waals surface area (Å²) in [5, 5.41) is 138. The minimum absolute atomic E-state index is 0.000185. The molecule has 4 aliphatic heterocycles. The fourth-order valence-corrected chi connectivity index (χ4v) is 16.2. The summed E-state index contributed by atoms with van der Waals surface area (Å²) in [4.78, 5) is 27.6. The zero-order valence-electron chi connectivity index (χ0n) is 44.4. The second-order valence-corrected chi connectivity index (χ2v) is 25.9. The van der Waals surface area contributed by atoms with E-state index >= 15 is 0 Å². The summed E-state index contributed by atoms with van der Waals surface area (Å²) in [6, 6.07) is 0. The Kier molecular flexibility index (Phi) is 16.2. The fourth-order valence-electron chi connectivity index (χ4n) is 16.2. The zero-order valence-corrected chi connectivity index (χ0v) is 44.4. The Morgan fingerprint density at radius 3 is 1.83 bits per heavy atom. The smallest absolute Gasteiger partial charge is 0.335 e. The highest BCUT2D eigenvalue weighted by molar-refractivity contribution is 5.79. The average molecular weight is 1090 g/mol. The van der Waals surface area contributed by atoms with Crippen molar-refractivity contribution in [3.05, 3.63) is 11.6 Å². The molecule has 23 heteroatoms. The molecule has 4 heterocycles. The van der Waals surface area contributed by atoms with Crippen LogP contribution in [0.3, 0.4) is 0 Å². The summed E-state index contributed by atoms with van der Waals surface area (Å²) >= 11 is 0. The van der Waals surface area contributed by atoms with Gasteiger partial charge in [-0.25, -0.2) is 4.79 Å². The molecule has 434 valence electrons. The Bertz CT molecular complexity index is 2140. The van der Waals surface area contributed by atoms with E-state index in [9.17, 15) is 76.0 Å². The van der Waals surface area contributed by atoms with Crippen molar-refractivity contribution in [3.8, 4) is 0 Å². The molecule has 0 amide bonds. The van der Waals surface area contributed by atoms with Crippen LogP contribution in [0.25, 0.3) is 0 Å². The maximum atomic E-state index is 14.8. The van der Waals surface area contributed by atoms with Crippen LogP contribution in [0.4, 0.5) is 0 Å². The van der Waals surface area contributed by atoms with E-state index in [1.807, 2.05) is 0 Å². The van der Waals surface area contributed by atoms with Gasteiger partial charge < -0.3 is 104 Å². The number of hydrogen-bond donors (Lipinski definition) is 13. The van der Waals surface area contributed by atoms with Crippen LogP contribution in [0.15, 0.2) is 11.6 Å². The summed E-state index contributed by atoms with van der Waals surface area (Å²) in [7, 11) is 0. The molecule has 0 aromatic rings. The second kappa shape index (κ2) is 21.0. The number of hydrogen-bond acceptors (Lipinski definition) is 22. The molecule has 76 heavy (non-hydrogen) atoms. The maximum Gasteiger partial charge on any atom is 0.335 e. The number of aliphatic carboxylic acids is 1. The van der Waals surface area contributed by atoms with Gasteiger partial charge in [0.1, 0.15) is 85.5 Å². The Labute approximate surface area is 442 Å². The first-order valence-electron chi connectivity index (χ1n) is 27.2. The summed E-state index contributed by atoms with van der Waals surface area (Å²) < 4.78 is 48.1. The van der Waals surface area contributed by atoms with Gasteiger partial charge in [-0.2, -0.15) is 0 Å². The third-order valence-corrected chi connectivity index (χ3v) is 21.0. The number of allylic oxidation sites excluding steroid dienone is 2. The first-order chi connectivity index (χ1) is 35.5. The topological polar surface area (TPSA) is 371 Å². The lowest BCUT2D eigenvalue weighted by Crippen LogP contribution is -2.68. The van der Waals surface area contributed by atoms with Gasteiger partial charge in [-0.15, -0.1) is 0 Å². The largest absolute Gasteiger partial charge is 0.479 e. The summed E-state index contributed by atoms with van der Waals surface area (Å²) in [6.45, 7) is 13.7. The molecule has 0 unspecified atom stereocenters. The third kappa shape index (κ3) is 9.42. The van der Waals surface area contributed by atoms with Crippen LogP contribution in [-0.2, 0) is 47.5 Å². The summed E-state index contributed by atoms with van der Waals surface area (Å²) in [6.07, 6.45) is -25.0. The van der Waals surface area contributed by atoms with Crippen molar-refractivity contribution in [2.45, 2.75) is 235 Å². The van der Waals surface area contributed by atoms with Crippen molar-refractivity contribution in [3.63, 3.8) is 0 Å². The third-order valence-electron chi connectivity index (χ3n) is 21.0. The Morgan fingerprint density at radius 2 is 1.20 bits per heavy atom. The molecule has 0 aromatic heterocycles. The van der Waals surface area contributed by atoms with E-state index in [-0.39, 0.29) is 39.4 Å². The van der Waals surface area contributed by atoms with Gasteiger partial charge in [0, 0.05) is 0 Å². The zero-order chi connectivity index (χ0) is 55.6. The van der Waals surface area contributed by atoms with Crippen molar-refractivity contribution < 1.29 is 114 Å². The first kappa shape index (κ1) is 58.6. The molecule has 0 aromatic carbocycles. The van der Waals surface area contributed by atoms with E-state index in [1.165, 1.54) is 5.57 Å². The first-order valence-corrected chi connectivity index (χ1v) is 27.2. The molecular weight excluding hydrogens is 1000 g/mol. The predicted octanol–water partition coefficient (Wildman–Crippen LogP) is -1.30. The fraction of sp³-hybridized carbons (Fsp3) is 0.925. The van der Waals surface area contributed by atoms with E-state index in [0.717, 1.165) is 19.3 Å². The van der Waals surface area contributed by atoms with E-state index in [1.54, 1.807) is 0 Å². The van der Waals surface area contributed by atoms with Crippen molar-refractivity contribution in [2.24, 2.45) is 50.2 Å². The van der Waals surface area contributed by atoms with Crippen LogP contribution >= 0.6 is 0 Å². The molecular formula is C53H84O23. The molecule has 9 aliphatic rings. The summed E-state index contributed by atoms with van der Waals surface area (Å²) in [5.74, 6) is -2.22. The Balaban J connectivity index is 0.999. The molecule has 0 radical (unpaired) electrons. The molecule has 0 spiro atoms. The molecule has 5 aliphatic carbocycles. The predicted molar refractivity (Wildman–Crippen MR) is 257 cm³/mol. The molecule has 4 saturated heterocycles.